The maximum Gasteiger partial charge on any atom is 0.387 e. The molecule has 3 N–H and O–H groups in total. The molecule has 0 fully saturated rings. The highest BCUT2D eigenvalue weighted by Crippen LogP contribution is 2.33. The van der Waals surface area contributed by atoms with Crippen molar-refractivity contribution in [3.8, 4) is 5.75 Å². The van der Waals surface area contributed by atoms with Crippen LogP contribution in [0, 0.1) is 0 Å². The molecule has 0 aliphatic rings. The predicted molar refractivity (Wildman–Crippen MR) is 104 cm³/mol. The fraction of sp³-hybridized carbons (Fsp3) is 0.529. The number of nitrogens with zero attached hydrogens (tertiary/aromatic N) is 1. The number of carbonyl (C=O) groups excluding carboxylic acids is 1. The molecule has 0 radical (unpaired) electrons. The van der Waals surface area contributed by atoms with Crippen molar-refractivity contribution < 1.29 is 18.3 Å². The first-order valence-electron chi connectivity index (χ1n) is 8.43. The number of alkyl halides is 2. The van der Waals surface area contributed by atoms with Gasteiger partial charge in [0.25, 0.3) is 0 Å². The third kappa shape index (κ3) is 8.62. The molecule has 0 saturated carbocycles. The number of hydrogen-bond donors (Lipinski definition) is 3. The number of benzene rings is 1. The van der Waals surface area contributed by atoms with E-state index in [9.17, 15) is 13.6 Å². The van der Waals surface area contributed by atoms with Crippen LogP contribution in [-0.4, -0.2) is 38.1 Å². The van der Waals surface area contributed by atoms with Crippen LogP contribution in [0.25, 0.3) is 0 Å². The fourth-order valence-corrected chi connectivity index (χ4v) is 2.69. The number of aliphatic imine (C=N–C) groups is 1. The Hall–Kier alpha value is -1.80. The van der Waals surface area contributed by atoms with Gasteiger partial charge in [-0.05, 0) is 25.5 Å². The zero-order valence-electron chi connectivity index (χ0n) is 15.4. The summed E-state index contributed by atoms with van der Waals surface area (Å²) < 4.78 is 29.7. The van der Waals surface area contributed by atoms with Gasteiger partial charge < -0.3 is 20.7 Å². The van der Waals surface area contributed by atoms with Gasteiger partial charge in [-0.1, -0.05) is 30.1 Å². The first-order valence-corrected chi connectivity index (χ1v) is 9.19. The normalized spacial score (nSPS) is 12.7. The van der Waals surface area contributed by atoms with Crippen LogP contribution >= 0.6 is 23.2 Å². The summed E-state index contributed by atoms with van der Waals surface area (Å²) in [7, 11) is 1.55. The average Bonchev–Trinajstić information content (AvgIpc) is 2.60. The summed E-state index contributed by atoms with van der Waals surface area (Å²) >= 11 is 11.9. The van der Waals surface area contributed by atoms with Crippen molar-refractivity contribution in [2.45, 2.75) is 45.9 Å². The van der Waals surface area contributed by atoms with Crippen molar-refractivity contribution in [2.24, 2.45) is 4.99 Å². The van der Waals surface area contributed by atoms with E-state index in [2.05, 4.69) is 25.7 Å². The Morgan fingerprint density at radius 1 is 1.30 bits per heavy atom. The van der Waals surface area contributed by atoms with Gasteiger partial charge in [-0.3, -0.25) is 9.79 Å². The highest BCUT2D eigenvalue weighted by atomic mass is 35.5. The molecule has 1 aromatic rings. The van der Waals surface area contributed by atoms with E-state index >= 15 is 0 Å². The van der Waals surface area contributed by atoms with E-state index in [1.54, 1.807) is 7.05 Å². The first kappa shape index (κ1) is 23.2. The fourth-order valence-electron chi connectivity index (χ4n) is 2.11. The molecule has 1 atom stereocenters. The molecule has 0 saturated heterocycles. The van der Waals surface area contributed by atoms with E-state index in [1.165, 1.54) is 12.1 Å². The van der Waals surface area contributed by atoms with Crippen LogP contribution in [0.1, 0.15) is 32.3 Å². The second-order valence-corrected chi connectivity index (χ2v) is 6.58. The third-order valence-corrected chi connectivity index (χ3v) is 4.13. The number of halogens is 4. The molecule has 1 aromatic carbocycles. The molecule has 0 heterocycles. The predicted octanol–water partition coefficient (Wildman–Crippen LogP) is 3.56. The molecule has 0 aliphatic heterocycles. The van der Waals surface area contributed by atoms with Crippen LogP contribution in [0.15, 0.2) is 17.1 Å². The molecule has 0 bridgehead atoms. The van der Waals surface area contributed by atoms with Gasteiger partial charge in [0.05, 0.1) is 5.02 Å². The van der Waals surface area contributed by atoms with Gasteiger partial charge >= 0.3 is 6.61 Å². The number of rotatable bonds is 9. The zero-order valence-corrected chi connectivity index (χ0v) is 16.9. The van der Waals surface area contributed by atoms with Crippen LogP contribution in [0.5, 0.6) is 5.75 Å². The zero-order chi connectivity index (χ0) is 20.4. The molecule has 6 nitrogen and oxygen atoms in total. The summed E-state index contributed by atoms with van der Waals surface area (Å²) in [5.41, 5.74) is 0.352. The van der Waals surface area contributed by atoms with E-state index in [1.807, 2.05) is 13.8 Å². The maximum absolute atomic E-state index is 12.6. The van der Waals surface area contributed by atoms with E-state index in [0.717, 1.165) is 6.42 Å². The molecule has 1 amide bonds. The van der Waals surface area contributed by atoms with Crippen LogP contribution in [0.3, 0.4) is 0 Å². The lowest BCUT2D eigenvalue weighted by atomic mass is 10.2. The molecule has 1 rings (SSSR count). The van der Waals surface area contributed by atoms with E-state index in [4.69, 9.17) is 23.2 Å². The summed E-state index contributed by atoms with van der Waals surface area (Å²) in [4.78, 5) is 15.8. The Balaban J connectivity index is 2.61. The SMILES string of the molecule is CCC(C)NC(=O)CCNC(=NC)NCc1cc(Cl)cc(Cl)c1OC(F)F. The van der Waals surface area contributed by atoms with Gasteiger partial charge in [-0.2, -0.15) is 8.78 Å². The lowest BCUT2D eigenvalue weighted by Crippen LogP contribution is -2.40. The monoisotopic (exact) mass is 424 g/mol. The molecule has 0 aromatic heterocycles. The van der Waals surface area contributed by atoms with Crippen molar-refractivity contribution in [1.82, 2.24) is 16.0 Å². The van der Waals surface area contributed by atoms with Crippen LogP contribution in [-0.2, 0) is 11.3 Å². The Labute approximate surface area is 167 Å². The van der Waals surface area contributed by atoms with Crippen molar-refractivity contribution in [2.75, 3.05) is 13.6 Å². The Bertz CT molecular complexity index is 660. The van der Waals surface area contributed by atoms with Crippen LogP contribution in [0.2, 0.25) is 10.0 Å². The Morgan fingerprint density at radius 3 is 2.59 bits per heavy atom. The summed E-state index contributed by atoms with van der Waals surface area (Å²) in [6.07, 6.45) is 1.13. The van der Waals surface area contributed by atoms with Crippen LogP contribution in [0.4, 0.5) is 8.78 Å². The summed E-state index contributed by atoms with van der Waals surface area (Å²) in [6.45, 7) is 1.37. The number of ether oxygens (including phenoxy) is 1. The first-order chi connectivity index (χ1) is 12.8. The third-order valence-electron chi connectivity index (χ3n) is 3.63. The van der Waals surface area contributed by atoms with Crippen molar-refractivity contribution >= 4 is 35.1 Å². The van der Waals surface area contributed by atoms with Gasteiger partial charge in [0.15, 0.2) is 5.96 Å². The number of carbonyl (C=O) groups is 1. The quantitative estimate of drug-likeness (QED) is 0.418. The van der Waals surface area contributed by atoms with Gasteiger partial charge in [0.2, 0.25) is 5.91 Å². The standard InChI is InChI=1S/C17H24Cl2F2N4O2/c1-4-10(2)25-14(26)5-6-23-17(22-3)24-9-11-7-12(18)8-13(19)15(11)27-16(20)21/h7-8,10,16H,4-6,9H2,1-3H3,(H,25,26)(H2,22,23,24). The molecular weight excluding hydrogens is 401 g/mol. The maximum atomic E-state index is 12.6. The molecule has 0 spiro atoms. The number of amides is 1. The lowest BCUT2D eigenvalue weighted by molar-refractivity contribution is -0.121. The van der Waals surface area contributed by atoms with E-state index in [-0.39, 0.29) is 35.7 Å². The van der Waals surface area contributed by atoms with Gasteiger partial charge in [-0.15, -0.1) is 0 Å². The highest BCUT2D eigenvalue weighted by molar-refractivity contribution is 6.35. The van der Waals surface area contributed by atoms with Crippen molar-refractivity contribution in [3.05, 3.63) is 27.7 Å². The van der Waals surface area contributed by atoms with Crippen LogP contribution < -0.4 is 20.7 Å². The smallest absolute Gasteiger partial charge is 0.387 e. The average molecular weight is 425 g/mol. The molecule has 1 unspecified atom stereocenters. The molecule has 0 aliphatic carbocycles. The second kappa shape index (κ2) is 11.8. The Morgan fingerprint density at radius 2 is 2.00 bits per heavy atom. The second-order valence-electron chi connectivity index (χ2n) is 5.73. The minimum absolute atomic E-state index is 0.00994. The van der Waals surface area contributed by atoms with Gasteiger partial charge in [0, 0.05) is 43.2 Å². The molecular formula is C17H24Cl2F2N4O2. The summed E-state index contributed by atoms with van der Waals surface area (Å²) in [5, 5.41) is 9.06. The molecule has 10 heteroatoms. The van der Waals surface area contributed by atoms with Gasteiger partial charge in [-0.25, -0.2) is 0 Å². The topological polar surface area (TPSA) is 74.8 Å². The minimum Gasteiger partial charge on any atom is -0.433 e. The van der Waals surface area contributed by atoms with E-state index < -0.39 is 6.61 Å². The van der Waals surface area contributed by atoms with Gasteiger partial charge in [0.1, 0.15) is 5.75 Å². The lowest BCUT2D eigenvalue weighted by Gasteiger charge is -2.16. The summed E-state index contributed by atoms with van der Waals surface area (Å²) in [5.74, 6) is 0.180. The van der Waals surface area contributed by atoms with Crippen molar-refractivity contribution in [3.63, 3.8) is 0 Å². The molecule has 27 heavy (non-hydrogen) atoms. The summed E-state index contributed by atoms with van der Waals surface area (Å²) in [6, 6.07) is 2.92. The van der Waals surface area contributed by atoms with E-state index in [0.29, 0.717) is 23.1 Å². The minimum atomic E-state index is -3.01. The number of guanidine groups is 1. The largest absolute Gasteiger partial charge is 0.433 e. The number of nitrogens with one attached hydrogen (secondary N) is 3. The molecule has 152 valence electrons. The van der Waals surface area contributed by atoms with Crippen molar-refractivity contribution in [1.29, 1.82) is 0 Å². The Kier molecular flexibility index (Phi) is 10.2. The number of hydrogen-bond acceptors (Lipinski definition) is 3. The highest BCUT2D eigenvalue weighted by Gasteiger charge is 2.15.